The van der Waals surface area contributed by atoms with E-state index in [1.807, 2.05) is 0 Å². The molecular weight excluding hydrogens is 310 g/mol. The number of rotatable bonds is 4. The van der Waals surface area contributed by atoms with E-state index < -0.39 is 0 Å². The van der Waals surface area contributed by atoms with Gasteiger partial charge in [-0.15, -0.1) is 12.4 Å². The van der Waals surface area contributed by atoms with E-state index >= 15 is 0 Å². The van der Waals surface area contributed by atoms with Crippen molar-refractivity contribution in [2.45, 2.75) is 32.2 Å². The smallest absolute Gasteiger partial charge is 0.227 e. The molecule has 1 atom stereocenters. The van der Waals surface area contributed by atoms with Gasteiger partial charge in [0.15, 0.2) is 0 Å². The van der Waals surface area contributed by atoms with Crippen molar-refractivity contribution in [1.82, 2.24) is 15.1 Å². The summed E-state index contributed by atoms with van der Waals surface area (Å²) in [5.74, 6) is 0.283. The maximum absolute atomic E-state index is 12.5. The summed E-state index contributed by atoms with van der Waals surface area (Å²) in [5.41, 5.74) is 2.46. The number of piperazine rings is 1. The highest BCUT2D eigenvalue weighted by atomic mass is 35.5. The van der Waals surface area contributed by atoms with E-state index in [1.54, 1.807) is 0 Å². The van der Waals surface area contributed by atoms with E-state index in [1.165, 1.54) is 5.56 Å². The third-order valence-electron chi connectivity index (χ3n) is 4.94. The van der Waals surface area contributed by atoms with E-state index in [-0.39, 0.29) is 18.3 Å². The van der Waals surface area contributed by atoms with E-state index in [9.17, 15) is 4.79 Å². The summed E-state index contributed by atoms with van der Waals surface area (Å²) < 4.78 is 0. The molecule has 23 heavy (non-hydrogen) atoms. The third-order valence-corrected chi connectivity index (χ3v) is 4.94. The van der Waals surface area contributed by atoms with Gasteiger partial charge in [-0.05, 0) is 24.0 Å². The van der Waals surface area contributed by atoms with Crippen LogP contribution in [0.2, 0.25) is 0 Å². The number of likely N-dealkylation sites (tertiary alicyclic amines) is 1. The van der Waals surface area contributed by atoms with Crippen LogP contribution in [0.25, 0.3) is 0 Å². The maximum atomic E-state index is 12.5. The fraction of sp³-hybridized carbons (Fsp3) is 0.611. The predicted octanol–water partition coefficient (Wildman–Crippen LogP) is 1.72. The highest BCUT2D eigenvalue weighted by molar-refractivity contribution is 5.85. The zero-order valence-electron chi connectivity index (χ0n) is 14.0. The second-order valence-electron chi connectivity index (χ2n) is 6.42. The molecule has 1 unspecified atom stereocenters. The van der Waals surface area contributed by atoms with Gasteiger partial charge in [-0.25, -0.2) is 0 Å². The zero-order chi connectivity index (χ0) is 15.4. The summed E-state index contributed by atoms with van der Waals surface area (Å²) in [5, 5.41) is 3.39. The highest BCUT2D eigenvalue weighted by Gasteiger charge is 2.30. The van der Waals surface area contributed by atoms with Gasteiger partial charge in [0, 0.05) is 45.3 Å². The van der Waals surface area contributed by atoms with Crippen LogP contribution in [-0.2, 0) is 17.6 Å². The summed E-state index contributed by atoms with van der Waals surface area (Å²) in [6.45, 7) is 8.37. The molecule has 2 heterocycles. The number of halogens is 1. The molecule has 2 fully saturated rings. The van der Waals surface area contributed by atoms with Crippen LogP contribution in [-0.4, -0.2) is 61.0 Å². The second kappa shape index (κ2) is 8.67. The molecule has 0 radical (unpaired) electrons. The van der Waals surface area contributed by atoms with Crippen LogP contribution in [0, 0.1) is 0 Å². The van der Waals surface area contributed by atoms with Gasteiger partial charge in [0.25, 0.3) is 0 Å². The lowest BCUT2D eigenvalue weighted by Gasteiger charge is -2.32. The summed E-state index contributed by atoms with van der Waals surface area (Å²) in [7, 11) is 0. The number of nitrogens with one attached hydrogen (secondary N) is 1. The maximum Gasteiger partial charge on any atom is 0.227 e. The number of hydrogen-bond acceptors (Lipinski definition) is 3. The first-order valence-electron chi connectivity index (χ1n) is 8.56. The van der Waals surface area contributed by atoms with Crippen molar-refractivity contribution in [1.29, 1.82) is 0 Å². The minimum Gasteiger partial charge on any atom is -0.341 e. The number of hydrogen-bond donors (Lipinski definition) is 1. The van der Waals surface area contributed by atoms with Crippen molar-refractivity contribution in [3.8, 4) is 0 Å². The van der Waals surface area contributed by atoms with Crippen molar-refractivity contribution in [2.75, 3.05) is 39.3 Å². The quantitative estimate of drug-likeness (QED) is 0.908. The lowest BCUT2D eigenvalue weighted by molar-refractivity contribution is -0.129. The van der Waals surface area contributed by atoms with Gasteiger partial charge in [0.05, 0.1) is 6.42 Å². The molecule has 2 saturated heterocycles. The van der Waals surface area contributed by atoms with Crippen LogP contribution in [0.4, 0.5) is 0 Å². The van der Waals surface area contributed by atoms with Gasteiger partial charge in [-0.1, -0.05) is 31.2 Å². The fourth-order valence-electron chi connectivity index (χ4n) is 3.56. The average molecular weight is 338 g/mol. The monoisotopic (exact) mass is 337 g/mol. The van der Waals surface area contributed by atoms with Gasteiger partial charge >= 0.3 is 0 Å². The Balaban J connectivity index is 0.00000192. The van der Waals surface area contributed by atoms with Crippen LogP contribution in [0.1, 0.15) is 24.5 Å². The van der Waals surface area contributed by atoms with Crippen molar-refractivity contribution in [3.05, 3.63) is 35.4 Å². The molecule has 0 aromatic heterocycles. The lowest BCUT2D eigenvalue weighted by Crippen LogP contribution is -2.49. The van der Waals surface area contributed by atoms with Gasteiger partial charge in [0.2, 0.25) is 5.91 Å². The molecule has 2 aliphatic rings. The van der Waals surface area contributed by atoms with Gasteiger partial charge in [-0.2, -0.15) is 0 Å². The zero-order valence-corrected chi connectivity index (χ0v) is 14.8. The topological polar surface area (TPSA) is 35.6 Å². The molecule has 0 bridgehead atoms. The first-order valence-corrected chi connectivity index (χ1v) is 8.56. The molecule has 3 rings (SSSR count). The third kappa shape index (κ3) is 4.69. The Bertz CT molecular complexity index is 517. The van der Waals surface area contributed by atoms with Crippen molar-refractivity contribution >= 4 is 18.3 Å². The molecule has 5 heteroatoms. The predicted molar refractivity (Wildman–Crippen MR) is 96.2 cm³/mol. The SMILES string of the molecule is CCc1cccc(CC(=O)N2CCC(N3CCNCC3)C2)c1.Cl. The van der Waals surface area contributed by atoms with E-state index in [4.69, 9.17) is 0 Å². The average Bonchev–Trinajstić information content (AvgIpc) is 3.06. The van der Waals surface area contributed by atoms with Gasteiger partial charge in [-0.3, -0.25) is 9.69 Å². The molecule has 1 aromatic carbocycles. The Labute approximate surface area is 145 Å². The molecule has 1 N–H and O–H groups in total. The van der Waals surface area contributed by atoms with E-state index in [0.717, 1.165) is 57.7 Å². The first kappa shape index (κ1) is 18.2. The minimum absolute atomic E-state index is 0. The Morgan fingerprint density at radius 1 is 1.22 bits per heavy atom. The summed E-state index contributed by atoms with van der Waals surface area (Å²) >= 11 is 0. The van der Waals surface area contributed by atoms with E-state index in [2.05, 4.69) is 46.3 Å². The number of benzene rings is 1. The molecule has 1 amide bonds. The Morgan fingerprint density at radius 3 is 2.70 bits per heavy atom. The van der Waals surface area contributed by atoms with Gasteiger partial charge < -0.3 is 10.2 Å². The Hall–Kier alpha value is -1.10. The van der Waals surface area contributed by atoms with E-state index in [0.29, 0.717) is 12.5 Å². The van der Waals surface area contributed by atoms with Crippen LogP contribution >= 0.6 is 12.4 Å². The standard InChI is InChI=1S/C18H27N3O.ClH/c1-2-15-4-3-5-16(12-15)13-18(22)21-9-6-17(14-21)20-10-7-19-8-11-20;/h3-5,12,17,19H,2,6-11,13-14H2,1H3;1H. The normalized spacial score (nSPS) is 22.0. The number of amides is 1. The molecule has 4 nitrogen and oxygen atoms in total. The van der Waals surface area contributed by atoms with Gasteiger partial charge in [0.1, 0.15) is 0 Å². The first-order chi connectivity index (χ1) is 10.8. The molecule has 1 aromatic rings. The molecule has 2 aliphatic heterocycles. The number of carbonyl (C=O) groups excluding carboxylic acids is 1. The lowest BCUT2D eigenvalue weighted by atomic mass is 10.1. The number of aryl methyl sites for hydroxylation is 1. The number of nitrogens with zero attached hydrogens (tertiary/aromatic N) is 2. The summed E-state index contributed by atoms with van der Waals surface area (Å²) in [6, 6.07) is 9.00. The largest absolute Gasteiger partial charge is 0.341 e. The van der Waals surface area contributed by atoms with Crippen LogP contribution in [0.3, 0.4) is 0 Å². The Morgan fingerprint density at radius 2 is 1.96 bits per heavy atom. The Kier molecular flexibility index (Phi) is 6.88. The molecule has 0 saturated carbocycles. The van der Waals surface area contributed by atoms with Crippen LogP contribution in [0.15, 0.2) is 24.3 Å². The fourth-order valence-corrected chi connectivity index (χ4v) is 3.56. The summed E-state index contributed by atoms with van der Waals surface area (Å²) in [4.78, 5) is 17.1. The number of carbonyl (C=O) groups is 1. The van der Waals surface area contributed by atoms with Crippen LogP contribution in [0.5, 0.6) is 0 Å². The van der Waals surface area contributed by atoms with Crippen molar-refractivity contribution in [3.63, 3.8) is 0 Å². The summed E-state index contributed by atoms with van der Waals surface area (Å²) in [6.07, 6.45) is 2.69. The molecule has 0 spiro atoms. The second-order valence-corrected chi connectivity index (χ2v) is 6.42. The van der Waals surface area contributed by atoms with Crippen LogP contribution < -0.4 is 5.32 Å². The molecular formula is C18H28ClN3O. The minimum atomic E-state index is 0. The molecule has 0 aliphatic carbocycles. The van der Waals surface area contributed by atoms with Crippen molar-refractivity contribution in [2.24, 2.45) is 0 Å². The van der Waals surface area contributed by atoms with Crippen molar-refractivity contribution < 1.29 is 4.79 Å². The molecule has 128 valence electrons. The highest BCUT2D eigenvalue weighted by Crippen LogP contribution is 2.18.